The van der Waals surface area contributed by atoms with E-state index in [-0.39, 0.29) is 40.5 Å². The van der Waals surface area contributed by atoms with E-state index in [1.165, 1.54) is 116 Å². The third-order valence-electron chi connectivity index (χ3n) is 26.7. The minimum Gasteiger partial charge on any atom is -0.311 e. The number of anilines is 12. The molecule has 0 unspecified atom stereocenters. The molecule has 1 aliphatic carbocycles. The maximum atomic E-state index is 2.80. The van der Waals surface area contributed by atoms with Gasteiger partial charge in [0.05, 0.1) is 11.4 Å². The molecule has 0 saturated heterocycles. The van der Waals surface area contributed by atoms with Crippen LogP contribution in [-0.4, -0.2) is 13.4 Å². The molecule has 21 rings (SSSR count). The van der Waals surface area contributed by atoms with Crippen LogP contribution in [0.1, 0.15) is 130 Å². The monoisotopic (exact) mass is 1560 g/mol. The van der Waals surface area contributed by atoms with Crippen molar-refractivity contribution in [2.75, 3.05) is 19.6 Å². The normalized spacial score (nSPS) is 14.0. The van der Waals surface area contributed by atoms with Gasteiger partial charge >= 0.3 is 0 Å². The molecule has 0 fully saturated rings. The van der Waals surface area contributed by atoms with E-state index in [1.54, 1.807) is 0 Å². The highest BCUT2D eigenvalue weighted by Crippen LogP contribution is 2.59. The number of nitrogens with zero attached hydrogens (tertiary/aromatic N) is 4. The fourth-order valence-corrected chi connectivity index (χ4v) is 20.6. The number of para-hydroxylation sites is 4. The first-order valence-corrected chi connectivity index (χ1v) is 43.4. The third-order valence-corrected chi connectivity index (χ3v) is 26.7. The lowest BCUT2D eigenvalue weighted by atomic mass is 9.30. The fraction of sp³-hybridized carbons (Fsp3) is 0.165. The standard InChI is InChI=1S/C115H100B2N4/c1-111(2,3)80-60-77(61-81(66-80)112(4,5)6)78-62-104-108-105(63-78)121(110-91(75-44-25-17-26-45-75)69-83(114(10,11)12)70-92(110)76-46-27-18-28-47-76)101-72-100-96(71-97(101)117(108)95-57-36-38-59-99(95)120(104)109-89(73-40-21-15-22-41-73)67-82(113(7,8)9)68-90(109)74-42-23-16-24-43-74)116-94-56-35-37-58-98(94)118(84-48-29-19-30-49-84)102-64-79(65-103(107(102)116)119(100)85-50-31-20-32-51-85)86-53-39-54-88-87-52-33-34-55-93(87)115(13,14)106(86)88/h15-72H,1-14H3. The molecule has 0 radical (unpaired) electrons. The van der Waals surface area contributed by atoms with E-state index in [1.807, 2.05) is 0 Å². The van der Waals surface area contributed by atoms with Crippen LogP contribution in [-0.2, 0) is 27.1 Å². The zero-order valence-corrected chi connectivity index (χ0v) is 71.9. The van der Waals surface area contributed by atoms with Crippen molar-refractivity contribution in [3.63, 3.8) is 0 Å². The van der Waals surface area contributed by atoms with Crippen LogP contribution in [0.4, 0.5) is 68.2 Å². The van der Waals surface area contributed by atoms with Crippen molar-refractivity contribution in [2.45, 2.75) is 124 Å². The minimum atomic E-state index is -0.307. The van der Waals surface area contributed by atoms with Gasteiger partial charge in [0.2, 0.25) is 0 Å². The van der Waals surface area contributed by atoms with Crippen LogP contribution in [0.2, 0.25) is 0 Å². The van der Waals surface area contributed by atoms with Gasteiger partial charge in [-0.15, -0.1) is 0 Å². The first-order chi connectivity index (χ1) is 58.3. The predicted octanol–water partition coefficient (Wildman–Crippen LogP) is 27.4. The smallest absolute Gasteiger partial charge is 0.252 e. The summed E-state index contributed by atoms with van der Waals surface area (Å²) >= 11 is 0. The maximum absolute atomic E-state index is 2.80. The van der Waals surface area contributed by atoms with Gasteiger partial charge in [-0.3, -0.25) is 0 Å². The van der Waals surface area contributed by atoms with Gasteiger partial charge in [-0.05, 0) is 234 Å². The van der Waals surface area contributed by atoms with Crippen molar-refractivity contribution in [1.82, 2.24) is 0 Å². The van der Waals surface area contributed by atoms with Crippen LogP contribution in [0.25, 0.3) is 77.9 Å². The van der Waals surface area contributed by atoms with Gasteiger partial charge in [0.1, 0.15) is 0 Å². The second-order valence-corrected chi connectivity index (χ2v) is 38.8. The SMILES string of the molecule is CC(C)(C)c1cc(-c2cc3c4c(c2)N(c2c(-c5ccccc5)cc(C(C)(C)C)cc2-c2ccccc2)c2cc5c(cc2B4c2ccccc2N3c2c(-c3ccccc3)cc(C(C)(C)C)cc2-c2ccccc2)B2c3ccccc3N(c3ccccc3)c3cc(-c4cccc6c4C(C)(C)c4ccccc4-6)cc(c32)N5c2ccccc2)cc(C(C)(C)C)c1. The van der Waals surface area contributed by atoms with E-state index in [0.29, 0.717) is 0 Å². The first kappa shape index (κ1) is 75.3. The van der Waals surface area contributed by atoms with Crippen molar-refractivity contribution in [3.05, 3.63) is 385 Å². The van der Waals surface area contributed by atoms with Gasteiger partial charge in [0.15, 0.2) is 0 Å². The van der Waals surface area contributed by atoms with Crippen molar-refractivity contribution < 1.29 is 0 Å². The van der Waals surface area contributed by atoms with Crippen molar-refractivity contribution in [1.29, 1.82) is 0 Å². The zero-order valence-electron chi connectivity index (χ0n) is 71.9. The molecule has 0 bridgehead atoms. The first-order valence-electron chi connectivity index (χ1n) is 43.4. The average molecular weight is 1560 g/mol. The Morgan fingerprint density at radius 3 is 0.959 bits per heavy atom. The molecule has 0 atom stereocenters. The van der Waals surface area contributed by atoms with Gasteiger partial charge in [0, 0.05) is 84.5 Å². The topological polar surface area (TPSA) is 13.0 Å². The number of hydrogen-bond donors (Lipinski definition) is 0. The molecule has 0 N–H and O–H groups in total. The lowest BCUT2D eigenvalue weighted by molar-refractivity contribution is 0.569. The summed E-state index contributed by atoms with van der Waals surface area (Å²) < 4.78 is 0. The Morgan fingerprint density at radius 2 is 0.529 bits per heavy atom. The van der Waals surface area contributed by atoms with Crippen LogP contribution in [0.5, 0.6) is 0 Å². The minimum absolute atomic E-state index is 0.181. The molecule has 4 nitrogen and oxygen atoms in total. The molecule has 586 valence electrons. The Hall–Kier alpha value is -13.2. The van der Waals surface area contributed by atoms with Crippen LogP contribution in [0.15, 0.2) is 352 Å². The van der Waals surface area contributed by atoms with Crippen molar-refractivity contribution in [2.24, 2.45) is 0 Å². The molecule has 0 saturated carbocycles. The third kappa shape index (κ3) is 12.2. The predicted molar refractivity (Wildman–Crippen MR) is 519 cm³/mol. The highest BCUT2D eigenvalue weighted by molar-refractivity contribution is 7.03. The Labute approximate surface area is 716 Å². The number of hydrogen-bond acceptors (Lipinski definition) is 4. The lowest BCUT2D eigenvalue weighted by Crippen LogP contribution is -2.65. The van der Waals surface area contributed by atoms with E-state index in [4.69, 9.17) is 0 Å². The summed E-state index contributed by atoms with van der Waals surface area (Å²) in [6.45, 7) is 32.8. The average Bonchev–Trinajstić information content (AvgIpc) is 1.43. The molecule has 121 heavy (non-hydrogen) atoms. The highest BCUT2D eigenvalue weighted by Gasteiger charge is 2.51. The molecule has 0 aromatic heterocycles. The highest BCUT2D eigenvalue weighted by atomic mass is 15.2. The van der Waals surface area contributed by atoms with Crippen LogP contribution in [0, 0.1) is 0 Å². The van der Waals surface area contributed by atoms with Gasteiger partial charge in [0.25, 0.3) is 13.4 Å². The Morgan fingerprint density at radius 1 is 0.215 bits per heavy atom. The number of fused-ring (bicyclic) bond motifs is 11. The van der Waals surface area contributed by atoms with Crippen LogP contribution < -0.4 is 52.4 Å². The Bertz CT molecular complexity index is 6690. The summed E-state index contributed by atoms with van der Waals surface area (Å²) in [5.41, 5.74) is 44.5. The summed E-state index contributed by atoms with van der Waals surface area (Å²) in [5.74, 6) is 0. The van der Waals surface area contributed by atoms with E-state index >= 15 is 0 Å². The Balaban J connectivity index is 0.956. The Kier molecular flexibility index (Phi) is 17.4. The molecular weight excluding hydrogens is 1460 g/mol. The molecule has 4 aliphatic heterocycles. The summed E-state index contributed by atoms with van der Waals surface area (Å²) in [5, 5.41) is 0. The van der Waals surface area contributed by atoms with E-state index in [2.05, 4.69) is 468 Å². The molecule has 4 heterocycles. The van der Waals surface area contributed by atoms with Gasteiger partial charge in [-0.25, -0.2) is 0 Å². The summed E-state index contributed by atoms with van der Waals surface area (Å²) in [7, 11) is 0. The van der Waals surface area contributed by atoms with Gasteiger partial charge in [-0.2, -0.15) is 0 Å². The molecule has 5 aliphatic rings. The summed E-state index contributed by atoms with van der Waals surface area (Å²) in [6.07, 6.45) is 0. The molecule has 0 spiro atoms. The van der Waals surface area contributed by atoms with Crippen molar-refractivity contribution in [3.8, 4) is 77.9 Å². The lowest BCUT2D eigenvalue weighted by Gasteiger charge is -2.48. The zero-order chi connectivity index (χ0) is 82.9. The number of benzene rings is 16. The molecule has 6 heteroatoms. The quantitative estimate of drug-likeness (QED) is 0.127. The molecular formula is C115H100B2N4. The van der Waals surface area contributed by atoms with E-state index in [0.717, 1.165) is 95.8 Å². The van der Waals surface area contributed by atoms with Crippen LogP contribution >= 0.6 is 0 Å². The van der Waals surface area contributed by atoms with E-state index < -0.39 is 0 Å². The second kappa shape index (κ2) is 28.0. The molecule has 16 aromatic carbocycles. The fourth-order valence-electron chi connectivity index (χ4n) is 20.6. The summed E-state index contributed by atoms with van der Waals surface area (Å²) in [6, 6.07) is 136. The maximum Gasteiger partial charge on any atom is 0.252 e. The van der Waals surface area contributed by atoms with E-state index in [9.17, 15) is 0 Å². The molecule has 0 amide bonds. The largest absolute Gasteiger partial charge is 0.311 e. The van der Waals surface area contributed by atoms with Gasteiger partial charge in [-0.1, -0.05) is 358 Å². The second-order valence-electron chi connectivity index (χ2n) is 38.8. The molecule has 16 aromatic rings. The van der Waals surface area contributed by atoms with Gasteiger partial charge < -0.3 is 19.6 Å². The van der Waals surface area contributed by atoms with Crippen LogP contribution in [0.3, 0.4) is 0 Å². The van der Waals surface area contributed by atoms with Crippen molar-refractivity contribution >= 4 is 114 Å². The number of rotatable bonds is 10. The summed E-state index contributed by atoms with van der Waals surface area (Å²) in [4.78, 5) is 10.8.